The summed E-state index contributed by atoms with van der Waals surface area (Å²) in [5, 5.41) is -1.39. The van der Waals surface area contributed by atoms with Crippen molar-refractivity contribution in [2.75, 3.05) is 6.54 Å². The zero-order valence-electron chi connectivity index (χ0n) is 15.8. The van der Waals surface area contributed by atoms with Gasteiger partial charge in [-0.3, -0.25) is 0 Å². The summed E-state index contributed by atoms with van der Waals surface area (Å²) in [6.07, 6.45) is -8.12. The van der Waals surface area contributed by atoms with Crippen LogP contribution in [0.5, 0.6) is 0 Å². The molecule has 1 fully saturated rings. The fourth-order valence-electron chi connectivity index (χ4n) is 3.74. The summed E-state index contributed by atoms with van der Waals surface area (Å²) in [6, 6.07) is -0.114. The molecular formula is C18H13F7N4O2S. The second-order valence-electron chi connectivity index (χ2n) is 7.09. The Morgan fingerprint density at radius 3 is 2.31 bits per heavy atom. The largest absolute Gasteiger partial charge is 0.417 e. The molecule has 1 unspecified atom stereocenters. The van der Waals surface area contributed by atoms with Crippen molar-refractivity contribution >= 4 is 20.9 Å². The van der Waals surface area contributed by atoms with Crippen LogP contribution >= 0.6 is 0 Å². The molecule has 4 rings (SSSR count). The zero-order valence-corrected chi connectivity index (χ0v) is 16.6. The fourth-order valence-corrected chi connectivity index (χ4v) is 5.42. The third kappa shape index (κ3) is 3.70. The molecule has 2 aromatic heterocycles. The minimum atomic E-state index is -5.05. The molecule has 32 heavy (non-hydrogen) atoms. The van der Waals surface area contributed by atoms with E-state index in [1.165, 1.54) is 6.07 Å². The number of hydrogen-bond acceptors (Lipinski definition) is 4. The number of aromatic amines is 1. The van der Waals surface area contributed by atoms with E-state index in [4.69, 9.17) is 0 Å². The number of nitrogens with zero attached hydrogens (tertiary/aromatic N) is 3. The lowest BCUT2D eigenvalue weighted by molar-refractivity contribution is -0.165. The van der Waals surface area contributed by atoms with Gasteiger partial charge in [0.05, 0.1) is 11.1 Å². The quantitative estimate of drug-likeness (QED) is 0.558. The third-order valence-electron chi connectivity index (χ3n) is 5.10. The van der Waals surface area contributed by atoms with Crippen molar-refractivity contribution in [3.8, 4) is 11.4 Å². The number of alkyl halides is 6. The first kappa shape index (κ1) is 22.5. The zero-order chi connectivity index (χ0) is 23.5. The van der Waals surface area contributed by atoms with Crippen molar-refractivity contribution in [3.63, 3.8) is 0 Å². The standard InChI is InChI=1S/C18H13F7N4O2S/c19-11-8-10(17(20,21)22)14(16-26-4-2-5-27-16)9-7-13(28-15(9)11)32(30,31)29-6-1-3-12(29)18(23,24)25/h2,4-5,7-8,12,28H,1,3,6H2. The summed E-state index contributed by atoms with van der Waals surface area (Å²) in [5.74, 6) is -1.88. The maximum atomic E-state index is 14.6. The van der Waals surface area contributed by atoms with Crippen LogP contribution in [0.2, 0.25) is 0 Å². The average Bonchev–Trinajstić information content (AvgIpc) is 3.36. The lowest BCUT2D eigenvalue weighted by Gasteiger charge is -2.25. The molecule has 1 aromatic carbocycles. The predicted octanol–water partition coefficient (Wildman–Crippen LogP) is 4.50. The first-order chi connectivity index (χ1) is 14.8. The molecule has 0 bridgehead atoms. The number of halogens is 7. The second-order valence-corrected chi connectivity index (χ2v) is 8.95. The number of H-pyrrole nitrogens is 1. The van der Waals surface area contributed by atoms with Crippen LogP contribution in [0.4, 0.5) is 30.7 Å². The van der Waals surface area contributed by atoms with Crippen LogP contribution in [-0.4, -0.2) is 46.4 Å². The molecule has 0 aliphatic carbocycles. The van der Waals surface area contributed by atoms with Gasteiger partial charge in [0.2, 0.25) is 0 Å². The van der Waals surface area contributed by atoms with Crippen LogP contribution in [0.15, 0.2) is 35.6 Å². The Balaban J connectivity index is 1.96. The maximum Gasteiger partial charge on any atom is 0.417 e. The van der Waals surface area contributed by atoms with Gasteiger partial charge in [0.25, 0.3) is 10.0 Å². The highest BCUT2D eigenvalue weighted by Gasteiger charge is 2.51. The SMILES string of the molecule is O=S(=O)(c1cc2c(-c3ncccn3)c(C(F)(F)F)cc(F)c2[nH]1)N1CCCC1C(F)(F)F. The van der Waals surface area contributed by atoms with E-state index in [9.17, 15) is 39.2 Å². The van der Waals surface area contributed by atoms with E-state index < -0.39 is 80.1 Å². The third-order valence-corrected chi connectivity index (χ3v) is 6.93. The van der Waals surface area contributed by atoms with Gasteiger partial charge in [0, 0.05) is 29.9 Å². The molecule has 0 radical (unpaired) electrons. The summed E-state index contributed by atoms with van der Waals surface area (Å²) < 4.78 is 121. The van der Waals surface area contributed by atoms with Crippen LogP contribution in [0.3, 0.4) is 0 Å². The number of rotatable bonds is 3. The van der Waals surface area contributed by atoms with E-state index in [-0.39, 0.29) is 16.8 Å². The van der Waals surface area contributed by atoms with E-state index in [0.29, 0.717) is 6.07 Å². The molecule has 1 saturated heterocycles. The monoisotopic (exact) mass is 482 g/mol. The van der Waals surface area contributed by atoms with Crippen molar-refractivity contribution in [2.24, 2.45) is 0 Å². The number of fused-ring (bicyclic) bond motifs is 1. The Kier molecular flexibility index (Phi) is 5.19. The van der Waals surface area contributed by atoms with Gasteiger partial charge in [-0.1, -0.05) is 0 Å². The highest BCUT2D eigenvalue weighted by Crippen LogP contribution is 2.43. The van der Waals surface area contributed by atoms with Gasteiger partial charge in [-0.05, 0) is 31.0 Å². The molecule has 1 aliphatic rings. The topological polar surface area (TPSA) is 79.0 Å². The first-order valence-electron chi connectivity index (χ1n) is 9.10. The molecule has 14 heteroatoms. The van der Waals surface area contributed by atoms with Gasteiger partial charge >= 0.3 is 12.4 Å². The van der Waals surface area contributed by atoms with Crippen molar-refractivity contribution in [2.45, 2.75) is 36.3 Å². The van der Waals surface area contributed by atoms with Crippen LogP contribution in [0.1, 0.15) is 18.4 Å². The molecule has 172 valence electrons. The number of benzene rings is 1. The van der Waals surface area contributed by atoms with Crippen molar-refractivity contribution in [3.05, 3.63) is 42.0 Å². The highest BCUT2D eigenvalue weighted by atomic mass is 32.2. The minimum Gasteiger partial charge on any atom is -0.342 e. The lowest BCUT2D eigenvalue weighted by Crippen LogP contribution is -2.44. The molecule has 0 saturated carbocycles. The smallest absolute Gasteiger partial charge is 0.342 e. The van der Waals surface area contributed by atoms with Crippen LogP contribution in [0, 0.1) is 5.82 Å². The number of aromatic nitrogens is 3. The predicted molar refractivity (Wildman–Crippen MR) is 97.3 cm³/mol. The second kappa shape index (κ2) is 7.40. The van der Waals surface area contributed by atoms with Crippen LogP contribution in [-0.2, 0) is 16.2 Å². The van der Waals surface area contributed by atoms with Crippen molar-refractivity contribution < 1.29 is 39.2 Å². The van der Waals surface area contributed by atoms with Gasteiger partial charge in [0.15, 0.2) is 5.82 Å². The molecular weight excluding hydrogens is 469 g/mol. The molecule has 3 heterocycles. The van der Waals surface area contributed by atoms with Crippen LogP contribution < -0.4 is 0 Å². The number of sulfonamides is 1. The average molecular weight is 482 g/mol. The van der Waals surface area contributed by atoms with E-state index in [1.807, 2.05) is 0 Å². The Bertz CT molecular complexity index is 1270. The molecule has 0 amide bonds. The Labute approximate surface area is 176 Å². The Morgan fingerprint density at radius 2 is 1.72 bits per heavy atom. The normalized spacial score (nSPS) is 18.5. The summed E-state index contributed by atoms with van der Waals surface area (Å²) in [7, 11) is -4.83. The van der Waals surface area contributed by atoms with Gasteiger partial charge in [-0.15, -0.1) is 0 Å². The molecule has 6 nitrogen and oxygen atoms in total. The molecule has 3 aromatic rings. The molecule has 1 N–H and O–H groups in total. The van der Waals surface area contributed by atoms with E-state index in [0.717, 1.165) is 12.4 Å². The molecule has 1 aliphatic heterocycles. The van der Waals surface area contributed by atoms with Crippen molar-refractivity contribution in [1.29, 1.82) is 0 Å². The maximum absolute atomic E-state index is 14.6. The molecule has 0 spiro atoms. The van der Waals surface area contributed by atoms with E-state index >= 15 is 0 Å². The minimum absolute atomic E-state index is 0.0562. The highest BCUT2D eigenvalue weighted by molar-refractivity contribution is 7.89. The summed E-state index contributed by atoms with van der Waals surface area (Å²) in [6.45, 7) is -0.438. The van der Waals surface area contributed by atoms with Gasteiger partial charge < -0.3 is 4.98 Å². The van der Waals surface area contributed by atoms with Gasteiger partial charge in [-0.25, -0.2) is 22.8 Å². The summed E-state index contributed by atoms with van der Waals surface area (Å²) >= 11 is 0. The van der Waals surface area contributed by atoms with E-state index in [2.05, 4.69) is 15.0 Å². The van der Waals surface area contributed by atoms with Gasteiger partial charge in [-0.2, -0.15) is 30.6 Å². The molecule has 1 atom stereocenters. The number of hydrogen-bond donors (Lipinski definition) is 1. The van der Waals surface area contributed by atoms with Gasteiger partial charge in [0.1, 0.15) is 16.9 Å². The lowest BCUT2D eigenvalue weighted by atomic mass is 10.0. The summed E-state index contributed by atoms with van der Waals surface area (Å²) in [4.78, 5) is 9.63. The first-order valence-corrected chi connectivity index (χ1v) is 10.5. The Hall–Kier alpha value is -2.74. The Morgan fingerprint density at radius 1 is 1.06 bits per heavy atom. The van der Waals surface area contributed by atoms with Crippen molar-refractivity contribution in [1.82, 2.24) is 19.3 Å². The number of nitrogens with one attached hydrogen (secondary N) is 1. The van der Waals surface area contributed by atoms with Crippen LogP contribution in [0.25, 0.3) is 22.3 Å². The van der Waals surface area contributed by atoms with E-state index in [1.54, 1.807) is 0 Å². The summed E-state index contributed by atoms with van der Waals surface area (Å²) in [5.41, 5.74) is -2.77. The fraction of sp³-hybridized carbons (Fsp3) is 0.333.